The Labute approximate surface area is 109 Å². The zero-order chi connectivity index (χ0) is 12.5. The molecule has 1 aliphatic heterocycles. The molecule has 18 heavy (non-hydrogen) atoms. The van der Waals surface area contributed by atoms with Crippen molar-refractivity contribution >= 4 is 5.69 Å². The number of hydrogen-bond acceptors (Lipinski definition) is 4. The summed E-state index contributed by atoms with van der Waals surface area (Å²) < 4.78 is 0. The monoisotopic (exact) mass is 246 g/mol. The van der Waals surface area contributed by atoms with Gasteiger partial charge < -0.3 is 10.2 Å². The second-order valence-corrected chi connectivity index (χ2v) is 5.66. The van der Waals surface area contributed by atoms with E-state index in [-0.39, 0.29) is 0 Å². The summed E-state index contributed by atoms with van der Waals surface area (Å²) in [6, 6.07) is 0. The fraction of sp³-hybridized carbons (Fsp3) is 0.714. The van der Waals surface area contributed by atoms with Crippen LogP contribution in [0.5, 0.6) is 0 Å². The molecule has 0 radical (unpaired) electrons. The lowest BCUT2D eigenvalue weighted by molar-refractivity contribution is 0.584. The Bertz CT molecular complexity index is 420. The van der Waals surface area contributed by atoms with Crippen molar-refractivity contribution in [1.29, 1.82) is 0 Å². The highest BCUT2D eigenvalue weighted by molar-refractivity contribution is 5.52. The van der Waals surface area contributed by atoms with E-state index in [4.69, 9.17) is 4.98 Å². The third kappa shape index (κ3) is 2.34. The van der Waals surface area contributed by atoms with Crippen LogP contribution in [0.25, 0.3) is 0 Å². The van der Waals surface area contributed by atoms with Gasteiger partial charge in [-0.3, -0.25) is 0 Å². The summed E-state index contributed by atoms with van der Waals surface area (Å²) in [5.41, 5.74) is 2.58. The molecule has 0 bridgehead atoms. The van der Waals surface area contributed by atoms with Crippen LogP contribution in [0, 0.1) is 0 Å². The van der Waals surface area contributed by atoms with Crippen molar-refractivity contribution in [2.45, 2.75) is 38.5 Å². The number of hydrogen-bond donors (Lipinski definition) is 1. The van der Waals surface area contributed by atoms with Crippen molar-refractivity contribution in [3.63, 3.8) is 0 Å². The molecule has 4 heteroatoms. The Hall–Kier alpha value is -1.16. The SMILES string of the molecule is CC(C)c1ncc(N2CCNCC2)c(C2CC2)n1. The lowest BCUT2D eigenvalue weighted by Crippen LogP contribution is -2.44. The first kappa shape index (κ1) is 11.9. The summed E-state index contributed by atoms with van der Waals surface area (Å²) in [5, 5.41) is 3.40. The lowest BCUT2D eigenvalue weighted by Gasteiger charge is -2.30. The standard InChI is InChI=1S/C14H22N4/c1-10(2)14-16-9-12(13(17-14)11-3-4-11)18-7-5-15-6-8-18/h9-11,15H,3-8H2,1-2H3. The van der Waals surface area contributed by atoms with Crippen LogP contribution < -0.4 is 10.2 Å². The first-order valence-corrected chi connectivity index (χ1v) is 7.08. The molecule has 2 aliphatic rings. The smallest absolute Gasteiger partial charge is 0.131 e. The van der Waals surface area contributed by atoms with E-state index in [2.05, 4.69) is 35.2 Å². The molecule has 2 fully saturated rings. The molecule has 1 saturated carbocycles. The Morgan fingerprint density at radius 1 is 1.28 bits per heavy atom. The summed E-state index contributed by atoms with van der Waals surface area (Å²) in [5.74, 6) is 2.10. The first-order valence-electron chi connectivity index (χ1n) is 7.08. The van der Waals surface area contributed by atoms with Crippen molar-refractivity contribution in [3.05, 3.63) is 17.7 Å². The quantitative estimate of drug-likeness (QED) is 0.884. The molecule has 98 valence electrons. The molecule has 0 aromatic carbocycles. The predicted molar refractivity (Wildman–Crippen MR) is 73.2 cm³/mol. The lowest BCUT2D eigenvalue weighted by atomic mass is 10.1. The molecule has 1 aromatic heterocycles. The van der Waals surface area contributed by atoms with Crippen LogP contribution in [0.3, 0.4) is 0 Å². The molecule has 4 nitrogen and oxygen atoms in total. The van der Waals surface area contributed by atoms with Gasteiger partial charge in [-0.25, -0.2) is 9.97 Å². The number of aromatic nitrogens is 2. The fourth-order valence-electron chi connectivity index (χ4n) is 2.49. The highest BCUT2D eigenvalue weighted by Gasteiger charge is 2.30. The highest BCUT2D eigenvalue weighted by Crippen LogP contribution is 2.43. The van der Waals surface area contributed by atoms with Crippen LogP contribution >= 0.6 is 0 Å². The molecular weight excluding hydrogens is 224 g/mol. The normalized spacial score (nSPS) is 20.5. The average Bonchev–Trinajstić information content (AvgIpc) is 3.23. The number of rotatable bonds is 3. The topological polar surface area (TPSA) is 41.1 Å². The molecule has 0 atom stereocenters. The van der Waals surface area contributed by atoms with E-state index in [1.54, 1.807) is 0 Å². The molecule has 1 aromatic rings. The second kappa shape index (κ2) is 4.84. The van der Waals surface area contributed by atoms with Gasteiger partial charge >= 0.3 is 0 Å². The summed E-state index contributed by atoms with van der Waals surface area (Å²) in [4.78, 5) is 11.8. The highest BCUT2D eigenvalue weighted by atomic mass is 15.2. The van der Waals surface area contributed by atoms with Crippen molar-refractivity contribution in [2.24, 2.45) is 0 Å². The van der Waals surface area contributed by atoms with E-state index in [0.29, 0.717) is 11.8 Å². The van der Waals surface area contributed by atoms with Crippen LogP contribution in [0.1, 0.15) is 50.0 Å². The number of nitrogens with zero attached hydrogens (tertiary/aromatic N) is 3. The summed E-state index contributed by atoms with van der Waals surface area (Å²) in [7, 11) is 0. The third-order valence-electron chi connectivity index (χ3n) is 3.75. The van der Waals surface area contributed by atoms with Gasteiger partial charge in [-0.1, -0.05) is 13.8 Å². The third-order valence-corrected chi connectivity index (χ3v) is 3.75. The average molecular weight is 246 g/mol. The largest absolute Gasteiger partial charge is 0.366 e. The summed E-state index contributed by atoms with van der Waals surface area (Å²) >= 11 is 0. The van der Waals surface area contributed by atoms with Crippen LogP contribution in [0.4, 0.5) is 5.69 Å². The molecule has 3 rings (SSSR count). The van der Waals surface area contributed by atoms with Gasteiger partial charge in [0.1, 0.15) is 5.82 Å². The molecule has 0 unspecified atom stereocenters. The second-order valence-electron chi connectivity index (χ2n) is 5.66. The van der Waals surface area contributed by atoms with Gasteiger partial charge in [0.2, 0.25) is 0 Å². The van der Waals surface area contributed by atoms with Crippen molar-refractivity contribution in [1.82, 2.24) is 15.3 Å². The predicted octanol–water partition coefficient (Wildman–Crippen LogP) is 1.89. The minimum Gasteiger partial charge on any atom is -0.366 e. The van der Waals surface area contributed by atoms with Gasteiger partial charge in [0, 0.05) is 38.0 Å². The Balaban J connectivity index is 1.92. The molecule has 1 N–H and O–H groups in total. The van der Waals surface area contributed by atoms with Gasteiger partial charge in [0.25, 0.3) is 0 Å². The van der Waals surface area contributed by atoms with Crippen molar-refractivity contribution in [2.75, 3.05) is 31.1 Å². The molecular formula is C14H22N4. The maximum Gasteiger partial charge on any atom is 0.131 e. The first-order chi connectivity index (χ1) is 8.75. The minimum atomic E-state index is 0.416. The van der Waals surface area contributed by atoms with E-state index in [1.807, 2.05) is 0 Å². The zero-order valence-corrected chi connectivity index (χ0v) is 11.3. The van der Waals surface area contributed by atoms with Crippen LogP contribution in [0.2, 0.25) is 0 Å². The van der Waals surface area contributed by atoms with Gasteiger partial charge in [-0.2, -0.15) is 0 Å². The molecule has 0 spiro atoms. The number of nitrogens with one attached hydrogen (secondary N) is 1. The van der Waals surface area contributed by atoms with Crippen molar-refractivity contribution in [3.8, 4) is 0 Å². The van der Waals surface area contributed by atoms with Crippen molar-refractivity contribution < 1.29 is 0 Å². The number of piperazine rings is 1. The van der Waals surface area contributed by atoms with Gasteiger partial charge in [0.05, 0.1) is 17.6 Å². The van der Waals surface area contributed by atoms with E-state index in [9.17, 15) is 0 Å². The zero-order valence-electron chi connectivity index (χ0n) is 11.3. The van der Waals surface area contributed by atoms with E-state index in [1.165, 1.54) is 24.2 Å². The van der Waals surface area contributed by atoms with Crippen LogP contribution in [-0.4, -0.2) is 36.1 Å². The Morgan fingerprint density at radius 3 is 2.61 bits per heavy atom. The molecule has 0 amide bonds. The maximum atomic E-state index is 4.84. The van der Waals surface area contributed by atoms with Gasteiger partial charge in [-0.05, 0) is 12.8 Å². The maximum absolute atomic E-state index is 4.84. The van der Waals surface area contributed by atoms with Crippen LogP contribution in [0.15, 0.2) is 6.20 Å². The van der Waals surface area contributed by atoms with E-state index in [0.717, 1.165) is 32.0 Å². The fourth-order valence-corrected chi connectivity index (χ4v) is 2.49. The summed E-state index contributed by atoms with van der Waals surface area (Å²) in [6.07, 6.45) is 4.66. The minimum absolute atomic E-state index is 0.416. The Kier molecular flexibility index (Phi) is 3.20. The van der Waals surface area contributed by atoms with E-state index >= 15 is 0 Å². The Morgan fingerprint density at radius 2 is 2.00 bits per heavy atom. The van der Waals surface area contributed by atoms with Crippen LogP contribution in [-0.2, 0) is 0 Å². The van der Waals surface area contributed by atoms with Gasteiger partial charge in [0.15, 0.2) is 0 Å². The molecule has 2 heterocycles. The van der Waals surface area contributed by atoms with Gasteiger partial charge in [-0.15, -0.1) is 0 Å². The molecule has 1 aliphatic carbocycles. The number of anilines is 1. The van der Waals surface area contributed by atoms with E-state index < -0.39 is 0 Å². The molecule has 1 saturated heterocycles. The summed E-state index contributed by atoms with van der Waals surface area (Å²) in [6.45, 7) is 8.60.